The van der Waals surface area contributed by atoms with E-state index in [1.165, 1.54) is 104 Å². The summed E-state index contributed by atoms with van der Waals surface area (Å²) in [5, 5.41) is 12.5. The minimum atomic E-state index is 1.15. The molecule has 2 nitrogen and oxygen atoms in total. The molecule has 12 aromatic rings. The van der Waals surface area contributed by atoms with Crippen LogP contribution in [-0.2, 0) is 0 Å². The molecule has 0 radical (unpaired) electrons. The highest BCUT2D eigenvalue weighted by molar-refractivity contribution is 6.24. The highest BCUT2D eigenvalue weighted by atomic mass is 15.0. The Bertz CT molecular complexity index is 3490. The molecule has 0 aliphatic carbocycles. The van der Waals surface area contributed by atoms with Crippen LogP contribution in [0.1, 0.15) is 5.56 Å². The lowest BCUT2D eigenvalue weighted by Gasteiger charge is -2.22. The van der Waals surface area contributed by atoms with E-state index in [2.05, 4.69) is 216 Å². The van der Waals surface area contributed by atoms with Gasteiger partial charge < -0.3 is 9.13 Å². The van der Waals surface area contributed by atoms with Gasteiger partial charge in [-0.15, -0.1) is 0 Å². The van der Waals surface area contributed by atoms with Crippen molar-refractivity contribution in [3.05, 3.63) is 206 Å². The standard InChI is InChI=1S/C55H36N2/c1-35-15-2-4-18-39(35)54-46-31-29-38(57-52-27-12-8-22-43(52)44-23-9-13-28-53(44)57)34-49(46)55(45-24-14-17-36-16-3-5-19-40(36)45)47-32-30-37(33-48(47)54)56-50-25-10-6-20-41(50)42-21-7-11-26-51(42)56/h2-34H,1H3. The van der Waals surface area contributed by atoms with E-state index in [9.17, 15) is 0 Å². The first kappa shape index (κ1) is 31.9. The van der Waals surface area contributed by atoms with Gasteiger partial charge in [-0.1, -0.05) is 152 Å². The van der Waals surface area contributed by atoms with Crippen molar-refractivity contribution >= 4 is 75.9 Å². The maximum absolute atomic E-state index is 2.45. The monoisotopic (exact) mass is 724 g/mol. The van der Waals surface area contributed by atoms with Gasteiger partial charge in [0.25, 0.3) is 0 Å². The van der Waals surface area contributed by atoms with Crippen LogP contribution in [0.3, 0.4) is 0 Å². The molecule has 2 heteroatoms. The number of hydrogen-bond acceptors (Lipinski definition) is 0. The molecule has 0 bridgehead atoms. The van der Waals surface area contributed by atoms with Crippen molar-refractivity contribution in [1.82, 2.24) is 9.13 Å². The van der Waals surface area contributed by atoms with Gasteiger partial charge in [-0.2, -0.15) is 0 Å². The molecule has 2 heterocycles. The van der Waals surface area contributed by atoms with Crippen molar-refractivity contribution in [2.75, 3.05) is 0 Å². The number of benzene rings is 10. The largest absolute Gasteiger partial charge is 0.309 e. The minimum absolute atomic E-state index is 1.15. The zero-order valence-electron chi connectivity index (χ0n) is 31.4. The smallest absolute Gasteiger partial charge is 0.0541 e. The Kier molecular flexibility index (Phi) is 6.88. The van der Waals surface area contributed by atoms with E-state index in [4.69, 9.17) is 0 Å². The molecule has 0 saturated carbocycles. The summed E-state index contributed by atoms with van der Waals surface area (Å²) in [4.78, 5) is 0. The molecule has 0 aliphatic rings. The highest BCUT2D eigenvalue weighted by Crippen LogP contribution is 2.48. The van der Waals surface area contributed by atoms with E-state index in [1.807, 2.05) is 0 Å². The van der Waals surface area contributed by atoms with Crippen LogP contribution in [0.4, 0.5) is 0 Å². The van der Waals surface area contributed by atoms with Crippen LogP contribution >= 0.6 is 0 Å². The third-order valence-electron chi connectivity index (χ3n) is 12.2. The molecular weight excluding hydrogens is 689 g/mol. The van der Waals surface area contributed by atoms with E-state index >= 15 is 0 Å². The molecule has 10 aromatic carbocycles. The van der Waals surface area contributed by atoms with Crippen molar-refractivity contribution in [3.8, 4) is 33.6 Å². The second kappa shape index (κ2) is 12.3. The molecule has 12 rings (SSSR count). The summed E-state index contributed by atoms with van der Waals surface area (Å²) in [5.41, 5.74) is 13.4. The van der Waals surface area contributed by atoms with Gasteiger partial charge in [0.1, 0.15) is 0 Å². The number of para-hydroxylation sites is 4. The van der Waals surface area contributed by atoms with Crippen molar-refractivity contribution in [2.45, 2.75) is 6.92 Å². The lowest BCUT2D eigenvalue weighted by Crippen LogP contribution is -1.99. The first-order valence-corrected chi connectivity index (χ1v) is 19.8. The van der Waals surface area contributed by atoms with Crippen LogP contribution < -0.4 is 0 Å². The Morgan fingerprint density at radius 1 is 0.281 bits per heavy atom. The Balaban J connectivity index is 1.26. The normalized spacial score (nSPS) is 11.9. The van der Waals surface area contributed by atoms with E-state index in [1.54, 1.807) is 0 Å². The summed E-state index contributed by atoms with van der Waals surface area (Å²) in [6.45, 7) is 2.24. The number of fused-ring (bicyclic) bond motifs is 9. The van der Waals surface area contributed by atoms with E-state index < -0.39 is 0 Å². The molecule has 266 valence electrons. The molecule has 0 N–H and O–H groups in total. The predicted octanol–water partition coefficient (Wildman–Crippen LogP) is 15.0. The van der Waals surface area contributed by atoms with Crippen molar-refractivity contribution in [2.24, 2.45) is 0 Å². The zero-order valence-corrected chi connectivity index (χ0v) is 31.4. The molecule has 0 aliphatic heterocycles. The predicted molar refractivity (Wildman–Crippen MR) is 243 cm³/mol. The lowest BCUT2D eigenvalue weighted by molar-refractivity contribution is 1.18. The number of aryl methyl sites for hydroxylation is 1. The molecule has 0 saturated heterocycles. The van der Waals surface area contributed by atoms with Crippen molar-refractivity contribution < 1.29 is 0 Å². The summed E-state index contributed by atoms with van der Waals surface area (Å²) in [6.07, 6.45) is 0. The number of nitrogens with zero attached hydrogens (tertiary/aromatic N) is 2. The number of rotatable bonds is 4. The molecule has 0 spiro atoms. The Hall–Kier alpha value is -7.42. The van der Waals surface area contributed by atoms with Crippen LogP contribution in [0.2, 0.25) is 0 Å². The van der Waals surface area contributed by atoms with Crippen LogP contribution in [-0.4, -0.2) is 9.13 Å². The summed E-state index contributed by atoms with van der Waals surface area (Å²) in [6, 6.07) is 74.0. The van der Waals surface area contributed by atoms with Gasteiger partial charge in [0, 0.05) is 32.9 Å². The van der Waals surface area contributed by atoms with E-state index in [0.717, 1.165) is 11.4 Å². The van der Waals surface area contributed by atoms with E-state index in [0.29, 0.717) is 0 Å². The third-order valence-corrected chi connectivity index (χ3v) is 12.2. The second-order valence-corrected chi connectivity index (χ2v) is 15.3. The third kappa shape index (κ3) is 4.65. The Labute approximate surface area is 330 Å². The Morgan fingerprint density at radius 2 is 0.667 bits per heavy atom. The fourth-order valence-corrected chi connectivity index (χ4v) is 9.76. The van der Waals surface area contributed by atoms with Crippen LogP contribution in [0.25, 0.3) is 110 Å². The minimum Gasteiger partial charge on any atom is -0.309 e. The molecule has 2 aromatic heterocycles. The van der Waals surface area contributed by atoms with Gasteiger partial charge in [-0.3, -0.25) is 0 Å². The van der Waals surface area contributed by atoms with Crippen molar-refractivity contribution in [3.63, 3.8) is 0 Å². The lowest BCUT2D eigenvalue weighted by atomic mass is 9.83. The topological polar surface area (TPSA) is 9.86 Å². The summed E-state index contributed by atoms with van der Waals surface area (Å²) < 4.78 is 4.89. The fourth-order valence-electron chi connectivity index (χ4n) is 9.76. The molecule has 0 amide bonds. The summed E-state index contributed by atoms with van der Waals surface area (Å²) in [7, 11) is 0. The van der Waals surface area contributed by atoms with E-state index in [-0.39, 0.29) is 0 Å². The van der Waals surface area contributed by atoms with Gasteiger partial charge in [-0.05, 0) is 116 Å². The molecule has 0 atom stereocenters. The second-order valence-electron chi connectivity index (χ2n) is 15.3. The molecule has 57 heavy (non-hydrogen) atoms. The first-order valence-electron chi connectivity index (χ1n) is 19.8. The van der Waals surface area contributed by atoms with Gasteiger partial charge in [0.2, 0.25) is 0 Å². The van der Waals surface area contributed by atoms with Gasteiger partial charge in [0.05, 0.1) is 22.1 Å². The highest BCUT2D eigenvalue weighted by Gasteiger charge is 2.22. The van der Waals surface area contributed by atoms with Crippen LogP contribution in [0, 0.1) is 6.92 Å². The van der Waals surface area contributed by atoms with Crippen LogP contribution in [0.5, 0.6) is 0 Å². The Morgan fingerprint density at radius 3 is 1.18 bits per heavy atom. The zero-order chi connectivity index (χ0) is 37.6. The fraction of sp³-hybridized carbons (Fsp3) is 0.0182. The maximum Gasteiger partial charge on any atom is 0.0541 e. The van der Waals surface area contributed by atoms with Gasteiger partial charge >= 0.3 is 0 Å². The van der Waals surface area contributed by atoms with Crippen LogP contribution in [0.15, 0.2) is 200 Å². The average molecular weight is 725 g/mol. The molecular formula is C55H36N2. The van der Waals surface area contributed by atoms with Crippen molar-refractivity contribution in [1.29, 1.82) is 0 Å². The van der Waals surface area contributed by atoms with Gasteiger partial charge in [-0.25, -0.2) is 0 Å². The first-order chi connectivity index (χ1) is 28.2. The molecule has 0 fully saturated rings. The summed E-state index contributed by atoms with van der Waals surface area (Å²) in [5.74, 6) is 0. The SMILES string of the molecule is Cc1ccccc1-c1c2cc(-n3c4ccccc4c4ccccc43)ccc2c(-c2cccc3ccccc23)c2cc(-n3c4ccccc4c4ccccc43)ccc12. The quantitative estimate of drug-likeness (QED) is 0.160. The number of hydrogen-bond donors (Lipinski definition) is 0. The number of aromatic nitrogens is 2. The summed E-state index contributed by atoms with van der Waals surface area (Å²) >= 11 is 0. The maximum atomic E-state index is 2.45. The van der Waals surface area contributed by atoms with Gasteiger partial charge in [0.15, 0.2) is 0 Å². The molecule has 0 unspecified atom stereocenters. The average Bonchev–Trinajstić information content (AvgIpc) is 3.79.